The van der Waals surface area contributed by atoms with Gasteiger partial charge in [0.15, 0.2) is 5.75 Å². The van der Waals surface area contributed by atoms with Crippen LogP contribution in [0.25, 0.3) is 10.9 Å². The van der Waals surface area contributed by atoms with Gasteiger partial charge in [-0.3, -0.25) is 9.59 Å². The molecule has 3 aromatic rings. The van der Waals surface area contributed by atoms with E-state index < -0.39 is 11.9 Å². The molecule has 0 saturated carbocycles. The summed E-state index contributed by atoms with van der Waals surface area (Å²) in [6.45, 7) is 3.12. The summed E-state index contributed by atoms with van der Waals surface area (Å²) < 4.78 is 5.75. The third-order valence-corrected chi connectivity index (χ3v) is 6.21. The fourth-order valence-corrected chi connectivity index (χ4v) is 4.20. The van der Waals surface area contributed by atoms with Gasteiger partial charge >= 0.3 is 5.97 Å². The van der Waals surface area contributed by atoms with Crippen LogP contribution in [-0.2, 0) is 11.2 Å². The highest BCUT2D eigenvalue weighted by molar-refractivity contribution is 6.02. The summed E-state index contributed by atoms with van der Waals surface area (Å²) in [5.41, 5.74) is 6.85. The number of nitrogens with two attached hydrogens (primary N) is 1. The predicted molar refractivity (Wildman–Crippen MR) is 136 cm³/mol. The monoisotopic (exact) mass is 481 g/mol. The molecule has 0 atom stereocenters. The second-order valence-electron chi connectivity index (χ2n) is 8.83. The Balaban J connectivity index is 0.000000223. The molecule has 4 rings (SSSR count). The number of carbonyl (C=O) groups is 2. The highest BCUT2D eigenvalue weighted by Gasteiger charge is 2.13. The van der Waals surface area contributed by atoms with Crippen molar-refractivity contribution < 1.29 is 24.5 Å². The molecule has 8 heteroatoms. The topological polar surface area (TPSA) is 138 Å². The minimum Gasteiger partial charge on any atom is -0.505 e. The van der Waals surface area contributed by atoms with E-state index in [-0.39, 0.29) is 17.9 Å². The van der Waals surface area contributed by atoms with Crippen molar-refractivity contribution >= 4 is 22.8 Å². The fourth-order valence-electron chi connectivity index (χ4n) is 4.20. The number of primary amides is 1. The molecule has 1 fully saturated rings. The van der Waals surface area contributed by atoms with E-state index >= 15 is 0 Å². The van der Waals surface area contributed by atoms with E-state index in [2.05, 4.69) is 10.3 Å². The Morgan fingerprint density at radius 3 is 2.40 bits per heavy atom. The molecule has 2 aromatic carbocycles. The molecule has 35 heavy (non-hydrogen) atoms. The maximum absolute atomic E-state index is 10.8. The highest BCUT2D eigenvalue weighted by atomic mass is 16.5. The first-order chi connectivity index (χ1) is 16.9. The maximum atomic E-state index is 10.8. The zero-order chi connectivity index (χ0) is 25.0. The lowest BCUT2D eigenvalue weighted by molar-refractivity contribution is -0.136. The van der Waals surface area contributed by atoms with Crippen LogP contribution < -0.4 is 15.8 Å². The number of aromatic nitrogens is 1. The lowest BCUT2D eigenvalue weighted by Gasteiger charge is -2.22. The summed E-state index contributed by atoms with van der Waals surface area (Å²) >= 11 is 0. The number of fused-ring (bicyclic) bond motifs is 1. The lowest BCUT2D eigenvalue weighted by atomic mass is 9.93. The molecule has 0 bridgehead atoms. The number of hydrogen-bond acceptors (Lipinski definition) is 5. The van der Waals surface area contributed by atoms with Gasteiger partial charge in [0.2, 0.25) is 0 Å². The van der Waals surface area contributed by atoms with Gasteiger partial charge in [-0.05, 0) is 80.9 Å². The van der Waals surface area contributed by atoms with E-state index in [0.29, 0.717) is 17.3 Å². The molecule has 0 spiro atoms. The summed E-state index contributed by atoms with van der Waals surface area (Å²) in [5, 5.41) is 22.2. The molecule has 2 heterocycles. The smallest absolute Gasteiger partial charge is 0.303 e. The van der Waals surface area contributed by atoms with E-state index in [0.717, 1.165) is 30.3 Å². The Kier molecular flexibility index (Phi) is 9.98. The number of carboxylic acid groups (broad SMARTS) is 1. The van der Waals surface area contributed by atoms with E-state index in [1.807, 2.05) is 30.3 Å². The van der Waals surface area contributed by atoms with Crippen molar-refractivity contribution in [3.05, 3.63) is 59.8 Å². The molecule has 8 nitrogen and oxygen atoms in total. The molecule has 6 N–H and O–H groups in total. The summed E-state index contributed by atoms with van der Waals surface area (Å²) in [6.07, 6.45) is 7.05. The van der Waals surface area contributed by atoms with Crippen molar-refractivity contribution in [1.82, 2.24) is 10.3 Å². The average Bonchev–Trinajstić information content (AvgIpc) is 3.21. The summed E-state index contributed by atoms with van der Waals surface area (Å²) in [4.78, 5) is 24.1. The van der Waals surface area contributed by atoms with Crippen LogP contribution in [0.1, 0.15) is 54.6 Å². The number of aromatic amines is 1. The number of H-pyrrole nitrogens is 1. The lowest BCUT2D eigenvalue weighted by Crippen LogP contribution is -2.27. The molecule has 0 aliphatic carbocycles. The Morgan fingerprint density at radius 1 is 1.03 bits per heavy atom. The molecule has 0 radical (unpaired) electrons. The standard InChI is InChI=1S/C18H27NO3.C9H8N2O2/c20-18(21)9-6-16-4-7-17(8-5-16)22-14-2-1-3-15-10-12-19-13-11-15;10-9(13)7-8(12)5-3-1-2-4-6(5)11-7/h4-5,7-8,15,19H,1-3,6,9-14H2,(H,20,21);1-4,11-12H,(H2,10,13). The van der Waals surface area contributed by atoms with Gasteiger partial charge in [0.1, 0.15) is 11.4 Å². The number of hydrogen-bond donors (Lipinski definition) is 5. The minimum atomic E-state index is -0.755. The van der Waals surface area contributed by atoms with Crippen LogP contribution in [-0.4, -0.2) is 46.8 Å². The average molecular weight is 482 g/mol. The Hall–Kier alpha value is -3.52. The van der Waals surface area contributed by atoms with E-state index in [1.165, 1.54) is 38.8 Å². The number of para-hydroxylation sites is 1. The van der Waals surface area contributed by atoms with Gasteiger partial charge in [0.05, 0.1) is 6.61 Å². The zero-order valence-corrected chi connectivity index (χ0v) is 20.0. The summed E-state index contributed by atoms with van der Waals surface area (Å²) in [5.74, 6) is 0.279. The third kappa shape index (κ3) is 8.33. The second kappa shape index (κ2) is 13.4. The Labute approximate surface area is 205 Å². The number of amides is 1. The number of rotatable bonds is 10. The Morgan fingerprint density at radius 2 is 1.74 bits per heavy atom. The van der Waals surface area contributed by atoms with Gasteiger partial charge in [-0.1, -0.05) is 30.7 Å². The van der Waals surface area contributed by atoms with Gasteiger partial charge in [-0.25, -0.2) is 0 Å². The number of piperidine rings is 1. The van der Waals surface area contributed by atoms with Gasteiger partial charge in [-0.2, -0.15) is 0 Å². The maximum Gasteiger partial charge on any atom is 0.303 e. The Bertz CT molecular complexity index is 1090. The number of ether oxygens (including phenoxy) is 1. The molecule has 188 valence electrons. The third-order valence-electron chi connectivity index (χ3n) is 6.21. The number of benzene rings is 2. The highest BCUT2D eigenvalue weighted by Crippen LogP contribution is 2.27. The number of aromatic hydroxyl groups is 1. The molecule has 1 aliphatic heterocycles. The minimum absolute atomic E-state index is 0.0567. The van der Waals surface area contributed by atoms with Gasteiger partial charge in [0, 0.05) is 17.3 Å². The van der Waals surface area contributed by atoms with E-state index in [4.69, 9.17) is 15.6 Å². The largest absolute Gasteiger partial charge is 0.505 e. The van der Waals surface area contributed by atoms with Crippen LogP contribution in [0, 0.1) is 5.92 Å². The first kappa shape index (κ1) is 26.1. The fraction of sp³-hybridized carbons (Fsp3) is 0.407. The van der Waals surface area contributed by atoms with Crippen molar-refractivity contribution in [2.75, 3.05) is 19.7 Å². The first-order valence-corrected chi connectivity index (χ1v) is 12.2. The molecule has 1 aliphatic rings. The number of carbonyl (C=O) groups excluding carboxylic acids is 1. The molecule has 1 aromatic heterocycles. The van der Waals surface area contributed by atoms with E-state index in [9.17, 15) is 14.7 Å². The normalized spacial score (nSPS) is 13.7. The van der Waals surface area contributed by atoms with Gasteiger partial charge < -0.3 is 31.0 Å². The summed E-state index contributed by atoms with van der Waals surface area (Å²) in [7, 11) is 0. The second-order valence-corrected chi connectivity index (χ2v) is 8.83. The number of unbranched alkanes of at least 4 members (excludes halogenated alkanes) is 1. The van der Waals surface area contributed by atoms with Crippen molar-refractivity contribution in [3.63, 3.8) is 0 Å². The SMILES string of the molecule is NC(=O)c1[nH]c2ccccc2c1O.O=C(O)CCc1ccc(OCCCCC2CCNCC2)cc1. The molecule has 1 saturated heterocycles. The van der Waals surface area contributed by atoms with Crippen molar-refractivity contribution in [1.29, 1.82) is 0 Å². The van der Waals surface area contributed by atoms with E-state index in [1.54, 1.807) is 18.2 Å². The predicted octanol–water partition coefficient (Wildman–Crippen LogP) is 4.22. The number of nitrogens with one attached hydrogen (secondary N) is 2. The van der Waals surface area contributed by atoms with Crippen LogP contribution in [0.4, 0.5) is 0 Å². The van der Waals surface area contributed by atoms with Gasteiger partial charge in [0.25, 0.3) is 5.91 Å². The van der Waals surface area contributed by atoms with Crippen LogP contribution in [0.2, 0.25) is 0 Å². The van der Waals surface area contributed by atoms with Crippen LogP contribution >= 0.6 is 0 Å². The number of aliphatic carboxylic acids is 1. The molecule has 0 unspecified atom stereocenters. The van der Waals surface area contributed by atoms with Crippen molar-refractivity contribution in [3.8, 4) is 11.5 Å². The molecule has 1 amide bonds. The van der Waals surface area contributed by atoms with Crippen LogP contribution in [0.15, 0.2) is 48.5 Å². The van der Waals surface area contributed by atoms with Crippen LogP contribution in [0.3, 0.4) is 0 Å². The van der Waals surface area contributed by atoms with Crippen LogP contribution in [0.5, 0.6) is 11.5 Å². The first-order valence-electron chi connectivity index (χ1n) is 12.2. The van der Waals surface area contributed by atoms with Crippen molar-refractivity contribution in [2.24, 2.45) is 11.7 Å². The molecular formula is C27H35N3O5. The van der Waals surface area contributed by atoms with Crippen molar-refractivity contribution in [2.45, 2.75) is 44.9 Å². The van der Waals surface area contributed by atoms with Gasteiger partial charge in [-0.15, -0.1) is 0 Å². The number of aryl methyl sites for hydroxylation is 1. The zero-order valence-electron chi connectivity index (χ0n) is 20.0. The number of carboxylic acids is 1. The molecular weight excluding hydrogens is 446 g/mol. The summed E-state index contributed by atoms with van der Waals surface area (Å²) in [6, 6.07) is 14.8. The quantitative estimate of drug-likeness (QED) is 0.275.